The zero-order valence-corrected chi connectivity index (χ0v) is 14.4. The molecule has 0 aliphatic carbocycles. The first-order valence-electron chi connectivity index (χ1n) is 7.56. The number of nitrogens with one attached hydrogen (secondary N) is 2. The molecule has 0 radical (unpaired) electrons. The van der Waals surface area contributed by atoms with E-state index in [0.29, 0.717) is 5.39 Å². The van der Waals surface area contributed by atoms with Crippen molar-refractivity contribution in [2.75, 3.05) is 5.32 Å². The fraction of sp³-hybridized carbons (Fsp3) is 0.0588. The van der Waals surface area contributed by atoms with Crippen molar-refractivity contribution >= 4 is 39.7 Å². The first-order chi connectivity index (χ1) is 13.1. The Kier molecular flexibility index (Phi) is 4.82. The van der Waals surface area contributed by atoms with Gasteiger partial charge >= 0.3 is 6.18 Å². The van der Waals surface area contributed by atoms with Crippen LogP contribution < -0.4 is 10.9 Å². The van der Waals surface area contributed by atoms with Gasteiger partial charge in [-0.2, -0.15) is 13.2 Å². The molecule has 144 valence electrons. The summed E-state index contributed by atoms with van der Waals surface area (Å²) in [7, 11) is 0. The van der Waals surface area contributed by atoms with Crippen LogP contribution in [0.15, 0.2) is 47.4 Å². The molecule has 0 spiro atoms. The van der Waals surface area contributed by atoms with Gasteiger partial charge in [0.15, 0.2) is 0 Å². The molecule has 0 fully saturated rings. The average molecular weight is 412 g/mol. The van der Waals surface area contributed by atoms with E-state index in [0.717, 1.165) is 12.1 Å². The van der Waals surface area contributed by atoms with Crippen molar-refractivity contribution < 1.29 is 22.9 Å². The van der Waals surface area contributed by atoms with Gasteiger partial charge in [0, 0.05) is 23.7 Å². The summed E-state index contributed by atoms with van der Waals surface area (Å²) in [6.07, 6.45) is -3.62. The highest BCUT2D eigenvalue weighted by Crippen LogP contribution is 2.35. The maximum absolute atomic E-state index is 13.3. The van der Waals surface area contributed by atoms with E-state index in [4.69, 9.17) is 11.6 Å². The Bertz CT molecular complexity index is 1170. The number of pyridine rings is 1. The van der Waals surface area contributed by atoms with Crippen LogP contribution in [-0.2, 0) is 6.18 Å². The third-order valence-corrected chi connectivity index (χ3v) is 4.19. The SMILES string of the molecule is O=C(Nc1cc2cc[nH]c(=O)c2cc1Cl)c1ccc([N+](=O)[O-])cc1C(F)(F)F. The molecule has 0 aliphatic rings. The number of non-ortho nitro benzene ring substituents is 1. The number of fused-ring (bicyclic) bond motifs is 1. The first-order valence-corrected chi connectivity index (χ1v) is 7.93. The van der Waals surface area contributed by atoms with Gasteiger partial charge in [-0.3, -0.25) is 19.7 Å². The van der Waals surface area contributed by atoms with Crippen LogP contribution in [0.5, 0.6) is 0 Å². The van der Waals surface area contributed by atoms with Gasteiger partial charge in [-0.25, -0.2) is 0 Å². The highest BCUT2D eigenvalue weighted by Gasteiger charge is 2.37. The maximum atomic E-state index is 13.3. The van der Waals surface area contributed by atoms with E-state index in [1.165, 1.54) is 24.4 Å². The van der Waals surface area contributed by atoms with Crippen LogP contribution in [0.2, 0.25) is 5.02 Å². The minimum absolute atomic E-state index is 0.0174. The molecule has 2 aromatic carbocycles. The second-order valence-corrected chi connectivity index (χ2v) is 6.07. The molecule has 0 unspecified atom stereocenters. The highest BCUT2D eigenvalue weighted by molar-refractivity contribution is 6.34. The van der Waals surface area contributed by atoms with E-state index in [2.05, 4.69) is 10.3 Å². The summed E-state index contributed by atoms with van der Waals surface area (Å²) in [4.78, 5) is 36.4. The lowest BCUT2D eigenvalue weighted by molar-refractivity contribution is -0.385. The highest BCUT2D eigenvalue weighted by atomic mass is 35.5. The lowest BCUT2D eigenvalue weighted by Gasteiger charge is -2.14. The third kappa shape index (κ3) is 3.67. The predicted molar refractivity (Wildman–Crippen MR) is 95.6 cm³/mol. The van der Waals surface area contributed by atoms with E-state index >= 15 is 0 Å². The quantitative estimate of drug-likeness (QED) is 0.493. The molecule has 3 aromatic rings. The Hall–Kier alpha value is -3.40. The molecule has 0 saturated carbocycles. The summed E-state index contributed by atoms with van der Waals surface area (Å²) in [5, 5.41) is 13.6. The molecule has 2 N–H and O–H groups in total. The van der Waals surface area contributed by atoms with Crippen LogP contribution in [0.25, 0.3) is 10.8 Å². The first kappa shape index (κ1) is 19.4. The fourth-order valence-corrected chi connectivity index (χ4v) is 2.78. The molecule has 0 aliphatic heterocycles. The molecule has 11 heteroatoms. The number of alkyl halides is 3. The number of rotatable bonds is 3. The summed E-state index contributed by atoms with van der Waals surface area (Å²) in [5.41, 5.74) is -3.50. The molecule has 0 bridgehead atoms. The van der Waals surface area contributed by atoms with Gasteiger partial charge in [-0.1, -0.05) is 11.6 Å². The van der Waals surface area contributed by atoms with Gasteiger partial charge in [0.25, 0.3) is 17.2 Å². The minimum Gasteiger partial charge on any atom is -0.329 e. The summed E-state index contributed by atoms with van der Waals surface area (Å²) in [5.74, 6) is -1.16. The maximum Gasteiger partial charge on any atom is 0.417 e. The summed E-state index contributed by atoms with van der Waals surface area (Å²) in [6.45, 7) is 0. The molecule has 3 rings (SSSR count). The Morgan fingerprint density at radius 1 is 1.18 bits per heavy atom. The summed E-state index contributed by atoms with van der Waals surface area (Å²) in [6, 6.07) is 5.93. The number of benzene rings is 2. The van der Waals surface area contributed by atoms with Gasteiger partial charge in [-0.05, 0) is 29.7 Å². The normalized spacial score (nSPS) is 11.4. The van der Waals surface area contributed by atoms with Crippen molar-refractivity contribution in [3.63, 3.8) is 0 Å². The topological polar surface area (TPSA) is 105 Å². The molecule has 1 aromatic heterocycles. The van der Waals surface area contributed by atoms with Crippen molar-refractivity contribution in [3.8, 4) is 0 Å². The summed E-state index contributed by atoms with van der Waals surface area (Å²) < 4.78 is 39.8. The molecule has 1 heterocycles. The number of halogens is 4. The van der Waals surface area contributed by atoms with E-state index < -0.39 is 39.4 Å². The number of aromatic nitrogens is 1. The van der Waals surface area contributed by atoms with Gasteiger partial charge < -0.3 is 10.3 Å². The van der Waals surface area contributed by atoms with Gasteiger partial charge in [-0.15, -0.1) is 0 Å². The van der Waals surface area contributed by atoms with Crippen LogP contribution in [0.3, 0.4) is 0 Å². The predicted octanol–water partition coefficient (Wildman–Crippen LogP) is 4.36. The monoisotopic (exact) mass is 411 g/mol. The third-order valence-electron chi connectivity index (χ3n) is 3.87. The Balaban J connectivity index is 2.04. The van der Waals surface area contributed by atoms with Crippen LogP contribution in [0, 0.1) is 10.1 Å². The van der Waals surface area contributed by atoms with Gasteiger partial charge in [0.2, 0.25) is 0 Å². The Morgan fingerprint density at radius 3 is 2.54 bits per heavy atom. The number of amides is 1. The molecule has 1 amide bonds. The van der Waals surface area contributed by atoms with Crippen LogP contribution in [-0.4, -0.2) is 15.8 Å². The molecule has 28 heavy (non-hydrogen) atoms. The molecule has 0 saturated heterocycles. The van der Waals surface area contributed by atoms with E-state index in [1.54, 1.807) is 0 Å². The second-order valence-electron chi connectivity index (χ2n) is 5.66. The largest absolute Gasteiger partial charge is 0.417 e. The Labute approximate surface area is 158 Å². The number of aromatic amines is 1. The number of hydrogen-bond donors (Lipinski definition) is 2. The number of anilines is 1. The van der Waals surface area contributed by atoms with Gasteiger partial charge in [0.05, 0.1) is 26.8 Å². The number of hydrogen-bond acceptors (Lipinski definition) is 4. The van der Waals surface area contributed by atoms with E-state index in [9.17, 15) is 32.9 Å². The summed E-state index contributed by atoms with van der Waals surface area (Å²) >= 11 is 6.02. The zero-order valence-electron chi connectivity index (χ0n) is 13.6. The number of nitro groups is 1. The van der Waals surface area contributed by atoms with Crippen molar-refractivity contribution in [1.82, 2.24) is 4.98 Å². The number of nitro benzene ring substituents is 1. The fourth-order valence-electron chi connectivity index (χ4n) is 2.57. The molecular formula is C17H9ClF3N3O4. The average Bonchev–Trinajstić information content (AvgIpc) is 2.62. The number of nitrogens with zero attached hydrogens (tertiary/aromatic N) is 1. The van der Waals surface area contributed by atoms with Crippen LogP contribution in [0.1, 0.15) is 15.9 Å². The standard InChI is InChI=1S/C17H9ClF3N3O4/c18-13-7-11-8(3-4-22-15(11)25)5-14(13)23-16(26)10-2-1-9(24(27)28)6-12(10)17(19,20)21/h1-7H,(H,22,25)(H,23,26). The molecule has 7 nitrogen and oxygen atoms in total. The minimum atomic E-state index is -4.99. The lowest BCUT2D eigenvalue weighted by atomic mass is 10.0. The number of carbonyl (C=O) groups excluding carboxylic acids is 1. The van der Waals surface area contributed by atoms with Crippen molar-refractivity contribution in [2.45, 2.75) is 6.18 Å². The lowest BCUT2D eigenvalue weighted by Crippen LogP contribution is -2.19. The van der Waals surface area contributed by atoms with Crippen molar-refractivity contribution in [1.29, 1.82) is 0 Å². The van der Waals surface area contributed by atoms with Crippen molar-refractivity contribution in [2.24, 2.45) is 0 Å². The molecular weight excluding hydrogens is 403 g/mol. The Morgan fingerprint density at radius 2 is 1.89 bits per heavy atom. The zero-order chi connectivity index (χ0) is 20.6. The van der Waals surface area contributed by atoms with E-state index in [1.807, 2.05) is 0 Å². The molecule has 0 atom stereocenters. The second kappa shape index (κ2) is 6.97. The van der Waals surface area contributed by atoms with E-state index in [-0.39, 0.29) is 22.2 Å². The number of H-pyrrole nitrogens is 1. The van der Waals surface area contributed by atoms with Gasteiger partial charge in [0.1, 0.15) is 0 Å². The van der Waals surface area contributed by atoms with Crippen LogP contribution in [0.4, 0.5) is 24.5 Å². The van der Waals surface area contributed by atoms with Crippen molar-refractivity contribution in [3.05, 3.63) is 79.2 Å². The number of carbonyl (C=O) groups is 1. The van der Waals surface area contributed by atoms with Crippen LogP contribution >= 0.6 is 11.6 Å². The smallest absolute Gasteiger partial charge is 0.329 e.